The standard InChI is InChI=1S/C19H22ClN3O4S2/c1-8-14-13(9(2)24)17(25)23(14)15(18(26)27)16(8)29-19-22-12(7-28-19)10-3-4-21-11(5-10)6-20/h3,7-9,11,13-14,21,24H,4-6H2,1-2H3,(H,26,27)/t8-,9-,11-,13-,14-/m1/s1. The van der Waals surface area contributed by atoms with Crippen LogP contribution in [0.2, 0.25) is 0 Å². The number of carboxylic acid groups (broad SMARTS) is 1. The summed E-state index contributed by atoms with van der Waals surface area (Å²) >= 11 is 8.74. The maximum absolute atomic E-state index is 12.4. The van der Waals surface area contributed by atoms with Gasteiger partial charge in [0.25, 0.3) is 0 Å². The van der Waals surface area contributed by atoms with E-state index >= 15 is 0 Å². The Bertz CT molecular complexity index is 913. The van der Waals surface area contributed by atoms with Crippen molar-refractivity contribution in [3.63, 3.8) is 0 Å². The molecule has 1 amide bonds. The van der Waals surface area contributed by atoms with Crippen molar-refractivity contribution in [2.75, 3.05) is 12.4 Å². The molecule has 29 heavy (non-hydrogen) atoms. The summed E-state index contributed by atoms with van der Waals surface area (Å²) in [5.41, 5.74) is 2.05. The SMILES string of the molecule is C[C@@H](O)[C@H]1C(=O)N2C(C(=O)O)=C(Sc3nc(C4=CCN[C@@H](CCl)C4)cs3)[C@H](C)[C@H]12. The molecule has 1 fully saturated rings. The average Bonchev–Trinajstić information content (AvgIpc) is 3.24. The second-order valence-corrected chi connectivity index (χ2v) is 10.0. The molecule has 0 saturated carbocycles. The predicted octanol–water partition coefficient (Wildman–Crippen LogP) is 2.37. The number of carboxylic acids is 1. The van der Waals surface area contributed by atoms with E-state index in [0.717, 1.165) is 28.6 Å². The van der Waals surface area contributed by atoms with Gasteiger partial charge in [-0.2, -0.15) is 0 Å². The summed E-state index contributed by atoms with van der Waals surface area (Å²) in [7, 11) is 0. The van der Waals surface area contributed by atoms with Gasteiger partial charge in [0.2, 0.25) is 5.91 Å². The summed E-state index contributed by atoms with van der Waals surface area (Å²) < 4.78 is 0.742. The quantitative estimate of drug-likeness (QED) is 0.447. The zero-order valence-electron chi connectivity index (χ0n) is 16.0. The van der Waals surface area contributed by atoms with E-state index in [0.29, 0.717) is 10.8 Å². The zero-order chi connectivity index (χ0) is 20.9. The smallest absolute Gasteiger partial charge is 0.353 e. The monoisotopic (exact) mass is 455 g/mol. The number of aromatic nitrogens is 1. The topological polar surface area (TPSA) is 103 Å². The van der Waals surface area contributed by atoms with Crippen molar-refractivity contribution in [2.45, 2.75) is 42.8 Å². The number of amides is 1. The Kier molecular flexibility index (Phi) is 5.78. The van der Waals surface area contributed by atoms with Crippen molar-refractivity contribution in [1.29, 1.82) is 0 Å². The van der Waals surface area contributed by atoms with Crippen LogP contribution in [-0.4, -0.2) is 62.6 Å². The van der Waals surface area contributed by atoms with E-state index in [-0.39, 0.29) is 29.6 Å². The van der Waals surface area contributed by atoms with Crippen LogP contribution in [0.5, 0.6) is 0 Å². The number of carbonyl (C=O) groups excluding carboxylic acids is 1. The Morgan fingerprint density at radius 1 is 1.55 bits per heavy atom. The summed E-state index contributed by atoms with van der Waals surface area (Å²) in [5.74, 6) is -1.64. The first-order valence-corrected chi connectivity index (χ1v) is 11.7. The van der Waals surface area contributed by atoms with E-state index in [1.807, 2.05) is 12.3 Å². The van der Waals surface area contributed by atoms with Gasteiger partial charge >= 0.3 is 5.97 Å². The molecular formula is C19H22ClN3O4S2. The third-order valence-corrected chi connectivity index (χ3v) is 8.32. The van der Waals surface area contributed by atoms with Gasteiger partial charge in [0.05, 0.1) is 23.8 Å². The molecule has 3 N–H and O–H groups in total. The van der Waals surface area contributed by atoms with Gasteiger partial charge in [-0.15, -0.1) is 22.9 Å². The normalized spacial score (nSPS) is 30.1. The molecule has 5 atom stereocenters. The Balaban J connectivity index is 1.58. The lowest BCUT2D eigenvalue weighted by molar-refractivity contribution is -0.163. The summed E-state index contributed by atoms with van der Waals surface area (Å²) in [4.78, 5) is 31.0. The first kappa shape index (κ1) is 20.9. The molecule has 4 rings (SSSR count). The summed E-state index contributed by atoms with van der Waals surface area (Å²) in [6.07, 6.45) is 2.10. The molecule has 0 aliphatic carbocycles. The van der Waals surface area contributed by atoms with Crippen molar-refractivity contribution in [2.24, 2.45) is 11.8 Å². The van der Waals surface area contributed by atoms with Gasteiger partial charge in [-0.05, 0) is 18.9 Å². The molecule has 0 unspecified atom stereocenters. The molecule has 3 aliphatic heterocycles. The number of fused-ring (bicyclic) bond motifs is 1. The van der Waals surface area contributed by atoms with Crippen molar-refractivity contribution in [1.82, 2.24) is 15.2 Å². The van der Waals surface area contributed by atoms with Crippen LogP contribution in [0.25, 0.3) is 5.57 Å². The van der Waals surface area contributed by atoms with Gasteiger partial charge in [0, 0.05) is 34.7 Å². The molecule has 1 aromatic rings. The summed E-state index contributed by atoms with van der Waals surface area (Å²) in [5, 5.41) is 25.0. The van der Waals surface area contributed by atoms with E-state index in [4.69, 9.17) is 16.6 Å². The van der Waals surface area contributed by atoms with E-state index in [1.54, 1.807) is 6.92 Å². The number of aliphatic carboxylic acids is 1. The molecule has 7 nitrogen and oxygen atoms in total. The van der Waals surface area contributed by atoms with Gasteiger partial charge < -0.3 is 20.4 Å². The number of aliphatic hydroxyl groups is 1. The number of aliphatic hydroxyl groups excluding tert-OH is 1. The van der Waals surface area contributed by atoms with Gasteiger partial charge in [-0.3, -0.25) is 4.79 Å². The Hall–Kier alpha value is -1.39. The highest BCUT2D eigenvalue weighted by Gasteiger charge is 2.60. The van der Waals surface area contributed by atoms with E-state index in [2.05, 4.69) is 11.4 Å². The van der Waals surface area contributed by atoms with Crippen LogP contribution >= 0.6 is 34.7 Å². The first-order chi connectivity index (χ1) is 13.8. The molecule has 3 aliphatic rings. The first-order valence-electron chi connectivity index (χ1n) is 9.44. The molecule has 4 heterocycles. The minimum absolute atomic E-state index is 0.0226. The van der Waals surface area contributed by atoms with Crippen LogP contribution in [0.15, 0.2) is 26.4 Å². The van der Waals surface area contributed by atoms with Gasteiger partial charge in [-0.25, -0.2) is 9.78 Å². The number of β-lactam (4-membered cyclic amide) rings is 1. The van der Waals surface area contributed by atoms with E-state index in [1.165, 1.54) is 28.0 Å². The van der Waals surface area contributed by atoms with Crippen LogP contribution in [-0.2, 0) is 9.59 Å². The Labute approximate surface area is 181 Å². The maximum atomic E-state index is 12.4. The third kappa shape index (κ3) is 3.53. The van der Waals surface area contributed by atoms with E-state index < -0.39 is 18.0 Å². The molecule has 0 radical (unpaired) electrons. The fourth-order valence-corrected chi connectivity index (χ4v) is 6.62. The number of hydrogen-bond acceptors (Lipinski definition) is 7. The summed E-state index contributed by atoms with van der Waals surface area (Å²) in [6, 6.07) is -0.0929. The fraction of sp³-hybridized carbons (Fsp3) is 0.526. The fourth-order valence-electron chi connectivity index (χ4n) is 4.29. The summed E-state index contributed by atoms with van der Waals surface area (Å²) in [6.45, 7) is 4.23. The second kappa shape index (κ2) is 8.03. The lowest BCUT2D eigenvalue weighted by atomic mass is 9.79. The largest absolute Gasteiger partial charge is 0.477 e. The number of nitrogens with zero attached hydrogens (tertiary/aromatic N) is 2. The predicted molar refractivity (Wildman–Crippen MR) is 113 cm³/mol. The lowest BCUT2D eigenvalue weighted by Gasteiger charge is -2.46. The average molecular weight is 456 g/mol. The Morgan fingerprint density at radius 3 is 2.97 bits per heavy atom. The van der Waals surface area contributed by atoms with Crippen LogP contribution in [0.3, 0.4) is 0 Å². The number of hydrogen-bond donors (Lipinski definition) is 3. The molecule has 156 valence electrons. The lowest BCUT2D eigenvalue weighted by Crippen LogP contribution is -2.63. The highest BCUT2D eigenvalue weighted by Crippen LogP contribution is 2.52. The van der Waals surface area contributed by atoms with E-state index in [9.17, 15) is 19.8 Å². The van der Waals surface area contributed by atoms with Crippen LogP contribution in [0, 0.1) is 11.8 Å². The molecule has 10 heteroatoms. The minimum Gasteiger partial charge on any atom is -0.477 e. The molecule has 0 spiro atoms. The molecule has 0 aromatic carbocycles. The molecule has 0 bridgehead atoms. The van der Waals surface area contributed by atoms with Crippen LogP contribution in [0.4, 0.5) is 0 Å². The minimum atomic E-state index is -1.12. The zero-order valence-corrected chi connectivity index (χ0v) is 18.4. The Morgan fingerprint density at radius 2 is 2.31 bits per heavy atom. The number of thiazole rings is 1. The van der Waals surface area contributed by atoms with Crippen molar-refractivity contribution in [3.05, 3.63) is 27.8 Å². The highest BCUT2D eigenvalue weighted by molar-refractivity contribution is 8.04. The second-order valence-electron chi connectivity index (χ2n) is 7.57. The number of carbonyl (C=O) groups is 2. The van der Waals surface area contributed by atoms with Crippen molar-refractivity contribution >= 4 is 52.1 Å². The van der Waals surface area contributed by atoms with Crippen molar-refractivity contribution < 1.29 is 19.8 Å². The number of rotatable bonds is 6. The number of nitrogens with one attached hydrogen (secondary N) is 1. The highest BCUT2D eigenvalue weighted by atomic mass is 35.5. The maximum Gasteiger partial charge on any atom is 0.353 e. The number of alkyl halides is 1. The van der Waals surface area contributed by atoms with Crippen molar-refractivity contribution in [3.8, 4) is 0 Å². The third-order valence-electron chi connectivity index (χ3n) is 5.73. The van der Waals surface area contributed by atoms with Crippen LogP contribution in [0.1, 0.15) is 26.0 Å². The molecular weight excluding hydrogens is 434 g/mol. The van der Waals surface area contributed by atoms with Crippen LogP contribution < -0.4 is 5.32 Å². The molecule has 1 aromatic heterocycles. The number of thioether (sulfide) groups is 1. The van der Waals surface area contributed by atoms with Gasteiger partial charge in [-0.1, -0.05) is 24.8 Å². The van der Waals surface area contributed by atoms with Gasteiger partial charge in [0.15, 0.2) is 4.34 Å². The molecule has 1 saturated heterocycles. The number of halogens is 1. The van der Waals surface area contributed by atoms with Gasteiger partial charge in [0.1, 0.15) is 5.70 Å².